The minimum atomic E-state index is -3.80. The fourth-order valence-corrected chi connectivity index (χ4v) is 2.37. The number of aryl methyl sites for hydroxylation is 1. The molecule has 9 heteroatoms. The first-order chi connectivity index (χ1) is 9.40. The number of carboxylic acids is 1. The normalized spacial score (nSPS) is 11.4. The second-order valence-electron chi connectivity index (χ2n) is 3.97. The number of sulfonamides is 1. The summed E-state index contributed by atoms with van der Waals surface area (Å²) in [7, 11) is -2.06. The lowest BCUT2D eigenvalue weighted by molar-refractivity contribution is 0.0696. The Labute approximate surface area is 115 Å². The summed E-state index contributed by atoms with van der Waals surface area (Å²) in [6.07, 6.45) is 4.25. The van der Waals surface area contributed by atoms with Crippen LogP contribution in [0.4, 0.5) is 0 Å². The minimum Gasteiger partial charge on any atom is -0.478 e. The molecule has 0 spiro atoms. The van der Waals surface area contributed by atoms with Gasteiger partial charge in [-0.25, -0.2) is 27.9 Å². The molecule has 0 aliphatic rings. The number of carbonyl (C=O) groups is 1. The van der Waals surface area contributed by atoms with Gasteiger partial charge in [-0.05, 0) is 12.1 Å². The summed E-state index contributed by atoms with van der Waals surface area (Å²) in [5.74, 6) is -0.613. The number of rotatable bonds is 5. The Balaban J connectivity index is 2.14. The van der Waals surface area contributed by atoms with E-state index in [-0.39, 0.29) is 17.1 Å². The topological polar surface area (TPSA) is 114 Å². The van der Waals surface area contributed by atoms with E-state index in [1.165, 1.54) is 6.07 Å². The Morgan fingerprint density at radius 1 is 1.40 bits per heavy atom. The number of hydrogen-bond donors (Lipinski definition) is 2. The van der Waals surface area contributed by atoms with E-state index in [2.05, 4.69) is 14.7 Å². The summed E-state index contributed by atoms with van der Waals surface area (Å²) in [6, 6.07) is 2.33. The summed E-state index contributed by atoms with van der Waals surface area (Å²) in [5, 5.41) is 8.48. The number of nitrogens with zero attached hydrogens (tertiary/aromatic N) is 3. The Kier molecular flexibility index (Phi) is 3.81. The molecule has 2 aromatic heterocycles. The SMILES string of the molecule is Cn1ccnc1CNS(=O)(=O)c1ccc(C(=O)O)cn1. The highest BCUT2D eigenvalue weighted by atomic mass is 32.2. The van der Waals surface area contributed by atoms with Gasteiger partial charge in [-0.3, -0.25) is 0 Å². The number of aromatic nitrogens is 3. The maximum atomic E-state index is 12.0. The molecule has 2 heterocycles. The van der Waals surface area contributed by atoms with Gasteiger partial charge in [0.1, 0.15) is 5.82 Å². The van der Waals surface area contributed by atoms with Crippen molar-refractivity contribution in [3.05, 3.63) is 42.1 Å². The molecule has 0 aliphatic heterocycles. The van der Waals surface area contributed by atoms with Crippen molar-refractivity contribution < 1.29 is 18.3 Å². The van der Waals surface area contributed by atoms with Crippen LogP contribution in [0.2, 0.25) is 0 Å². The van der Waals surface area contributed by atoms with Crippen molar-refractivity contribution in [3.63, 3.8) is 0 Å². The smallest absolute Gasteiger partial charge is 0.337 e. The van der Waals surface area contributed by atoms with Crippen LogP contribution in [0.25, 0.3) is 0 Å². The third-order valence-electron chi connectivity index (χ3n) is 2.60. The molecular formula is C11H12N4O4S. The summed E-state index contributed by atoms with van der Waals surface area (Å²) < 4.78 is 28.0. The van der Waals surface area contributed by atoms with Crippen molar-refractivity contribution in [2.24, 2.45) is 7.05 Å². The Hall–Kier alpha value is -2.26. The van der Waals surface area contributed by atoms with Crippen molar-refractivity contribution in [2.45, 2.75) is 11.6 Å². The number of imidazole rings is 1. The second kappa shape index (κ2) is 5.39. The number of hydrogen-bond acceptors (Lipinski definition) is 5. The highest BCUT2D eigenvalue weighted by molar-refractivity contribution is 7.89. The van der Waals surface area contributed by atoms with Crippen LogP contribution in [0.5, 0.6) is 0 Å². The van der Waals surface area contributed by atoms with Crippen molar-refractivity contribution in [1.82, 2.24) is 19.3 Å². The summed E-state index contributed by atoms with van der Waals surface area (Å²) in [6.45, 7) is 0.0220. The van der Waals surface area contributed by atoms with Crippen molar-refractivity contribution in [1.29, 1.82) is 0 Å². The fourth-order valence-electron chi connectivity index (χ4n) is 1.47. The van der Waals surface area contributed by atoms with E-state index in [1.807, 2.05) is 0 Å². The van der Waals surface area contributed by atoms with Gasteiger partial charge in [-0.2, -0.15) is 0 Å². The van der Waals surface area contributed by atoms with Gasteiger partial charge < -0.3 is 9.67 Å². The van der Waals surface area contributed by atoms with E-state index < -0.39 is 16.0 Å². The summed E-state index contributed by atoms with van der Waals surface area (Å²) in [5.41, 5.74) is -0.0759. The molecule has 0 atom stereocenters. The molecule has 0 unspecified atom stereocenters. The lowest BCUT2D eigenvalue weighted by Crippen LogP contribution is -2.25. The van der Waals surface area contributed by atoms with Gasteiger partial charge >= 0.3 is 5.97 Å². The van der Waals surface area contributed by atoms with E-state index in [9.17, 15) is 13.2 Å². The zero-order chi connectivity index (χ0) is 14.8. The largest absolute Gasteiger partial charge is 0.478 e. The fraction of sp³-hybridized carbons (Fsp3) is 0.182. The molecule has 0 aliphatic carbocycles. The van der Waals surface area contributed by atoms with Crippen LogP contribution in [0.3, 0.4) is 0 Å². The molecule has 0 aromatic carbocycles. The molecule has 8 nitrogen and oxygen atoms in total. The molecule has 0 saturated heterocycles. The summed E-state index contributed by atoms with van der Waals surface area (Å²) in [4.78, 5) is 18.3. The molecule has 106 valence electrons. The number of nitrogens with one attached hydrogen (secondary N) is 1. The van der Waals surface area contributed by atoms with Gasteiger partial charge in [0.25, 0.3) is 10.0 Å². The van der Waals surface area contributed by atoms with E-state index in [1.54, 1.807) is 24.0 Å². The first-order valence-electron chi connectivity index (χ1n) is 5.55. The minimum absolute atomic E-state index is 0.0220. The van der Waals surface area contributed by atoms with E-state index >= 15 is 0 Å². The predicted octanol–water partition coefficient (Wildman–Crippen LogP) is -0.00820. The Morgan fingerprint density at radius 2 is 2.15 bits per heavy atom. The highest BCUT2D eigenvalue weighted by Crippen LogP contribution is 2.07. The van der Waals surface area contributed by atoms with Crippen LogP contribution >= 0.6 is 0 Å². The van der Waals surface area contributed by atoms with Gasteiger partial charge in [0.15, 0.2) is 5.03 Å². The standard InChI is InChI=1S/C11H12N4O4S/c1-15-5-4-12-9(15)7-14-20(18,19)10-3-2-8(6-13-10)11(16)17/h2-6,14H,7H2,1H3,(H,16,17). The van der Waals surface area contributed by atoms with Crippen LogP contribution in [-0.2, 0) is 23.6 Å². The number of pyridine rings is 1. The molecule has 2 rings (SSSR count). The van der Waals surface area contributed by atoms with Crippen LogP contribution in [0.1, 0.15) is 16.2 Å². The van der Waals surface area contributed by atoms with Crippen molar-refractivity contribution in [2.75, 3.05) is 0 Å². The molecule has 0 radical (unpaired) electrons. The number of carboxylic acid groups (broad SMARTS) is 1. The van der Waals surface area contributed by atoms with Gasteiger partial charge in [0.05, 0.1) is 12.1 Å². The zero-order valence-electron chi connectivity index (χ0n) is 10.5. The Morgan fingerprint density at radius 3 is 2.65 bits per heavy atom. The third-order valence-corrected chi connectivity index (χ3v) is 3.92. The van der Waals surface area contributed by atoms with Crippen LogP contribution in [0, 0.1) is 0 Å². The quantitative estimate of drug-likeness (QED) is 0.802. The average Bonchev–Trinajstić information content (AvgIpc) is 2.82. The first-order valence-corrected chi connectivity index (χ1v) is 7.03. The molecule has 0 amide bonds. The van der Waals surface area contributed by atoms with Crippen molar-refractivity contribution in [3.8, 4) is 0 Å². The van der Waals surface area contributed by atoms with E-state index in [4.69, 9.17) is 5.11 Å². The van der Waals surface area contributed by atoms with Gasteiger partial charge in [0, 0.05) is 25.6 Å². The second-order valence-corrected chi connectivity index (χ2v) is 5.68. The maximum absolute atomic E-state index is 12.0. The maximum Gasteiger partial charge on any atom is 0.337 e. The molecule has 20 heavy (non-hydrogen) atoms. The lowest BCUT2D eigenvalue weighted by Gasteiger charge is -2.06. The monoisotopic (exact) mass is 296 g/mol. The van der Waals surface area contributed by atoms with Crippen LogP contribution in [-0.4, -0.2) is 34.0 Å². The molecule has 0 bridgehead atoms. The highest BCUT2D eigenvalue weighted by Gasteiger charge is 2.17. The average molecular weight is 296 g/mol. The van der Waals surface area contributed by atoms with E-state index in [0.717, 1.165) is 12.3 Å². The molecule has 0 fully saturated rings. The third kappa shape index (κ3) is 3.00. The van der Waals surface area contributed by atoms with Crippen molar-refractivity contribution >= 4 is 16.0 Å². The lowest BCUT2D eigenvalue weighted by atomic mass is 10.3. The van der Waals surface area contributed by atoms with Gasteiger partial charge in [0.2, 0.25) is 0 Å². The molecule has 2 aromatic rings. The molecule has 2 N–H and O–H groups in total. The van der Waals surface area contributed by atoms with Gasteiger partial charge in [-0.1, -0.05) is 0 Å². The predicted molar refractivity (Wildman–Crippen MR) is 68.4 cm³/mol. The van der Waals surface area contributed by atoms with Gasteiger partial charge in [-0.15, -0.1) is 0 Å². The van der Waals surface area contributed by atoms with Crippen LogP contribution in [0.15, 0.2) is 35.7 Å². The molecular weight excluding hydrogens is 284 g/mol. The first kappa shape index (κ1) is 14.2. The summed E-state index contributed by atoms with van der Waals surface area (Å²) >= 11 is 0. The van der Waals surface area contributed by atoms with E-state index in [0.29, 0.717) is 5.82 Å². The Bertz CT molecular complexity index is 721. The number of aromatic carboxylic acids is 1. The zero-order valence-corrected chi connectivity index (χ0v) is 11.3. The molecule has 0 saturated carbocycles. The van der Waals surface area contributed by atoms with Crippen LogP contribution < -0.4 is 4.72 Å².